The van der Waals surface area contributed by atoms with Crippen LogP contribution in [0.4, 0.5) is 0 Å². The lowest BCUT2D eigenvalue weighted by Gasteiger charge is -2.07. The molecule has 2 heterocycles. The minimum Gasteiger partial charge on any atom is -0.478 e. The van der Waals surface area contributed by atoms with E-state index in [0.717, 1.165) is 11.6 Å². The van der Waals surface area contributed by atoms with E-state index in [1.54, 1.807) is 6.20 Å². The van der Waals surface area contributed by atoms with Gasteiger partial charge in [-0.05, 0) is 26.0 Å². The Hall–Kier alpha value is -1.38. The Bertz CT molecular complexity index is 344. The molecule has 3 heteroatoms. The summed E-state index contributed by atoms with van der Waals surface area (Å²) in [7, 11) is 0. The molecule has 14 heavy (non-hydrogen) atoms. The van der Waals surface area contributed by atoms with Crippen molar-refractivity contribution in [2.24, 2.45) is 4.99 Å². The van der Waals surface area contributed by atoms with Crippen molar-refractivity contribution in [3.8, 4) is 0 Å². The van der Waals surface area contributed by atoms with Crippen LogP contribution >= 0.6 is 0 Å². The standard InChI is InChI=1S/C11H14N2O/c1-11(2)8-14-10(13-11)7-9-5-3-4-6-12-9/h3-6H,7-8H2,1-2H3. The van der Waals surface area contributed by atoms with Crippen LogP contribution in [0.25, 0.3) is 0 Å². The maximum absolute atomic E-state index is 5.48. The predicted molar refractivity (Wildman–Crippen MR) is 55.4 cm³/mol. The second kappa shape index (κ2) is 3.40. The van der Waals surface area contributed by atoms with Gasteiger partial charge in [0.2, 0.25) is 0 Å². The molecule has 0 amide bonds. The molecule has 1 aromatic heterocycles. The average molecular weight is 190 g/mol. The zero-order valence-electron chi connectivity index (χ0n) is 8.53. The molecule has 0 spiro atoms. The Morgan fingerprint density at radius 1 is 1.43 bits per heavy atom. The topological polar surface area (TPSA) is 34.5 Å². The second-order valence-corrected chi connectivity index (χ2v) is 4.10. The van der Waals surface area contributed by atoms with Crippen LogP contribution in [0.5, 0.6) is 0 Å². The Morgan fingerprint density at radius 3 is 2.86 bits per heavy atom. The van der Waals surface area contributed by atoms with Crippen molar-refractivity contribution in [1.29, 1.82) is 0 Å². The molecule has 0 bridgehead atoms. The fraction of sp³-hybridized carbons (Fsp3) is 0.455. The van der Waals surface area contributed by atoms with Crippen LogP contribution in [-0.2, 0) is 11.2 Å². The summed E-state index contributed by atoms with van der Waals surface area (Å²) in [5.74, 6) is 0.800. The summed E-state index contributed by atoms with van der Waals surface area (Å²) in [5.41, 5.74) is 0.938. The van der Waals surface area contributed by atoms with Crippen molar-refractivity contribution in [1.82, 2.24) is 4.98 Å². The number of hydrogen-bond donors (Lipinski definition) is 0. The summed E-state index contributed by atoms with van der Waals surface area (Å²) in [5, 5.41) is 0. The van der Waals surface area contributed by atoms with Gasteiger partial charge in [0.25, 0.3) is 0 Å². The number of pyridine rings is 1. The molecule has 0 aliphatic carbocycles. The molecule has 0 radical (unpaired) electrons. The lowest BCUT2D eigenvalue weighted by molar-refractivity contribution is 0.275. The van der Waals surface area contributed by atoms with Crippen LogP contribution in [0.15, 0.2) is 29.4 Å². The highest BCUT2D eigenvalue weighted by atomic mass is 16.5. The molecule has 0 fully saturated rings. The van der Waals surface area contributed by atoms with Gasteiger partial charge >= 0.3 is 0 Å². The number of rotatable bonds is 2. The van der Waals surface area contributed by atoms with Gasteiger partial charge in [-0.15, -0.1) is 0 Å². The second-order valence-electron chi connectivity index (χ2n) is 4.10. The lowest BCUT2D eigenvalue weighted by atomic mass is 10.1. The van der Waals surface area contributed by atoms with Gasteiger partial charge in [0.15, 0.2) is 5.90 Å². The molecule has 0 saturated heterocycles. The highest BCUT2D eigenvalue weighted by molar-refractivity contribution is 5.80. The molecule has 74 valence electrons. The van der Waals surface area contributed by atoms with Gasteiger partial charge in [-0.3, -0.25) is 4.98 Å². The minimum absolute atomic E-state index is 0.0654. The van der Waals surface area contributed by atoms with Gasteiger partial charge < -0.3 is 4.74 Å². The summed E-state index contributed by atoms with van der Waals surface area (Å²) >= 11 is 0. The molecule has 0 N–H and O–H groups in total. The van der Waals surface area contributed by atoms with Gasteiger partial charge in [-0.2, -0.15) is 0 Å². The summed E-state index contributed by atoms with van der Waals surface area (Å²) in [6.45, 7) is 4.81. The number of aromatic nitrogens is 1. The maximum Gasteiger partial charge on any atom is 0.190 e. The number of nitrogens with zero attached hydrogens (tertiary/aromatic N) is 2. The highest BCUT2D eigenvalue weighted by Crippen LogP contribution is 2.18. The van der Waals surface area contributed by atoms with E-state index >= 15 is 0 Å². The molecule has 0 saturated carbocycles. The fourth-order valence-electron chi connectivity index (χ4n) is 1.41. The van der Waals surface area contributed by atoms with Crippen molar-refractivity contribution >= 4 is 5.90 Å². The predicted octanol–water partition coefficient (Wildman–Crippen LogP) is 1.83. The highest BCUT2D eigenvalue weighted by Gasteiger charge is 2.26. The summed E-state index contributed by atoms with van der Waals surface area (Å²) < 4.78 is 5.48. The van der Waals surface area contributed by atoms with E-state index < -0.39 is 0 Å². The average Bonchev–Trinajstić information content (AvgIpc) is 2.47. The first-order valence-corrected chi connectivity index (χ1v) is 4.77. The molecule has 0 unspecified atom stereocenters. The van der Waals surface area contributed by atoms with Crippen molar-refractivity contribution in [2.75, 3.05) is 6.61 Å². The Kier molecular flexibility index (Phi) is 2.23. The van der Waals surface area contributed by atoms with Crippen LogP contribution in [0.3, 0.4) is 0 Å². The molecule has 0 aromatic carbocycles. The van der Waals surface area contributed by atoms with E-state index in [9.17, 15) is 0 Å². The van der Waals surface area contributed by atoms with Crippen LogP contribution in [-0.4, -0.2) is 23.0 Å². The number of aliphatic imine (C=N–C) groups is 1. The van der Waals surface area contributed by atoms with Crippen molar-refractivity contribution in [3.05, 3.63) is 30.1 Å². The van der Waals surface area contributed by atoms with Crippen LogP contribution in [0, 0.1) is 0 Å². The van der Waals surface area contributed by atoms with Crippen LogP contribution in [0.1, 0.15) is 19.5 Å². The quantitative estimate of drug-likeness (QED) is 0.713. The third kappa shape index (κ3) is 2.10. The summed E-state index contributed by atoms with van der Waals surface area (Å²) in [6.07, 6.45) is 2.49. The normalized spacial score (nSPS) is 18.9. The third-order valence-electron chi connectivity index (χ3n) is 2.08. The van der Waals surface area contributed by atoms with E-state index in [0.29, 0.717) is 13.0 Å². The van der Waals surface area contributed by atoms with E-state index in [2.05, 4.69) is 23.8 Å². The Morgan fingerprint density at radius 2 is 2.29 bits per heavy atom. The molecular weight excluding hydrogens is 176 g/mol. The Labute approximate surface area is 83.8 Å². The van der Waals surface area contributed by atoms with E-state index in [4.69, 9.17) is 4.74 Å². The third-order valence-corrected chi connectivity index (χ3v) is 2.08. The van der Waals surface area contributed by atoms with Crippen LogP contribution < -0.4 is 0 Å². The van der Waals surface area contributed by atoms with Crippen molar-refractivity contribution < 1.29 is 4.74 Å². The minimum atomic E-state index is -0.0654. The Balaban J connectivity index is 2.07. The molecular formula is C11H14N2O. The molecule has 0 atom stereocenters. The molecule has 3 nitrogen and oxygen atoms in total. The molecule has 2 rings (SSSR count). The SMILES string of the molecule is CC1(C)COC(Cc2ccccn2)=N1. The number of ether oxygens (including phenoxy) is 1. The van der Waals surface area contributed by atoms with Gasteiger partial charge in [0, 0.05) is 11.9 Å². The van der Waals surface area contributed by atoms with E-state index in [1.165, 1.54) is 0 Å². The molecule has 1 aromatic rings. The first-order valence-electron chi connectivity index (χ1n) is 4.77. The van der Waals surface area contributed by atoms with Crippen molar-refractivity contribution in [3.63, 3.8) is 0 Å². The van der Waals surface area contributed by atoms with Gasteiger partial charge in [0.05, 0.1) is 12.0 Å². The monoisotopic (exact) mass is 190 g/mol. The largest absolute Gasteiger partial charge is 0.478 e. The maximum atomic E-state index is 5.48. The first kappa shape index (κ1) is 9.19. The fourth-order valence-corrected chi connectivity index (χ4v) is 1.41. The van der Waals surface area contributed by atoms with Crippen molar-refractivity contribution in [2.45, 2.75) is 25.8 Å². The molecule has 1 aliphatic heterocycles. The summed E-state index contributed by atoms with van der Waals surface area (Å²) in [6, 6.07) is 5.87. The zero-order chi connectivity index (χ0) is 10.0. The summed E-state index contributed by atoms with van der Waals surface area (Å²) in [4.78, 5) is 8.70. The first-order chi connectivity index (χ1) is 6.66. The smallest absolute Gasteiger partial charge is 0.190 e. The van der Waals surface area contributed by atoms with E-state index in [1.807, 2.05) is 18.2 Å². The van der Waals surface area contributed by atoms with Gasteiger partial charge in [-0.25, -0.2) is 4.99 Å². The number of hydrogen-bond acceptors (Lipinski definition) is 3. The van der Waals surface area contributed by atoms with Crippen LogP contribution in [0.2, 0.25) is 0 Å². The van der Waals surface area contributed by atoms with Gasteiger partial charge in [-0.1, -0.05) is 6.07 Å². The van der Waals surface area contributed by atoms with E-state index in [-0.39, 0.29) is 5.54 Å². The molecule has 1 aliphatic rings. The van der Waals surface area contributed by atoms with Gasteiger partial charge in [0.1, 0.15) is 6.61 Å². The zero-order valence-corrected chi connectivity index (χ0v) is 8.53. The lowest BCUT2D eigenvalue weighted by Crippen LogP contribution is -2.17.